The van der Waals surface area contributed by atoms with Crippen LogP contribution in [0.5, 0.6) is 0 Å². The zero-order chi connectivity index (χ0) is 26.1. The number of rotatable bonds is 8. The molecule has 1 aliphatic heterocycles. The standard InChI is InChI=1S/C25H30N8O2S2/c1-15(2)14-32-9-11-33(12-10-32)22-20(23(34)35)27-25(37-22)31(4)19-13-16(3)21(30-29-19)28-24-26-17-7-5-6-8-18(17)36-24/h5-8,13,15H,9-12,14H2,1-4H3,(H,34,35)(H,26,28,30). The quantitative estimate of drug-likeness (QED) is 0.323. The van der Waals surface area contributed by atoms with E-state index in [4.69, 9.17) is 0 Å². The summed E-state index contributed by atoms with van der Waals surface area (Å²) in [6.45, 7) is 10.8. The lowest BCUT2D eigenvalue weighted by Crippen LogP contribution is -2.47. The van der Waals surface area contributed by atoms with Crippen molar-refractivity contribution in [1.29, 1.82) is 0 Å². The predicted molar refractivity (Wildman–Crippen MR) is 150 cm³/mol. The van der Waals surface area contributed by atoms with Gasteiger partial charge in [-0.25, -0.2) is 14.8 Å². The number of hydrogen-bond donors (Lipinski definition) is 2. The predicted octanol–water partition coefficient (Wildman–Crippen LogP) is 4.84. The van der Waals surface area contributed by atoms with Gasteiger partial charge in [-0.1, -0.05) is 48.7 Å². The summed E-state index contributed by atoms with van der Waals surface area (Å²) >= 11 is 2.94. The number of aromatic nitrogens is 4. The lowest BCUT2D eigenvalue weighted by Gasteiger charge is -2.36. The van der Waals surface area contributed by atoms with Crippen molar-refractivity contribution in [2.24, 2.45) is 5.92 Å². The molecule has 0 amide bonds. The number of benzene rings is 1. The van der Waals surface area contributed by atoms with Crippen molar-refractivity contribution in [3.63, 3.8) is 0 Å². The molecule has 5 rings (SSSR count). The van der Waals surface area contributed by atoms with Crippen molar-refractivity contribution in [2.75, 3.05) is 54.9 Å². The summed E-state index contributed by atoms with van der Waals surface area (Å²) < 4.78 is 1.10. The van der Waals surface area contributed by atoms with Crippen LogP contribution >= 0.6 is 22.7 Å². The average molecular weight is 539 g/mol. The number of aryl methyl sites for hydroxylation is 1. The van der Waals surface area contributed by atoms with E-state index < -0.39 is 5.97 Å². The number of carboxylic acid groups (broad SMARTS) is 1. The number of hydrogen-bond acceptors (Lipinski definition) is 11. The third-order valence-electron chi connectivity index (χ3n) is 6.20. The molecule has 1 fully saturated rings. The highest BCUT2D eigenvalue weighted by Gasteiger charge is 2.27. The highest BCUT2D eigenvalue weighted by Crippen LogP contribution is 2.37. The maximum atomic E-state index is 12.0. The molecule has 4 heterocycles. The molecule has 12 heteroatoms. The maximum absolute atomic E-state index is 12.0. The van der Waals surface area contributed by atoms with Crippen molar-refractivity contribution in [3.05, 3.63) is 41.6 Å². The topological polar surface area (TPSA) is 111 Å². The molecule has 10 nitrogen and oxygen atoms in total. The number of anilines is 5. The summed E-state index contributed by atoms with van der Waals surface area (Å²) in [6, 6.07) is 9.89. The Hall–Kier alpha value is -3.35. The molecule has 0 atom stereocenters. The van der Waals surface area contributed by atoms with E-state index in [0.29, 0.717) is 27.7 Å². The minimum Gasteiger partial charge on any atom is -0.476 e. The lowest BCUT2D eigenvalue weighted by atomic mass is 10.2. The van der Waals surface area contributed by atoms with E-state index in [0.717, 1.165) is 53.6 Å². The van der Waals surface area contributed by atoms with Crippen molar-refractivity contribution < 1.29 is 9.90 Å². The monoisotopic (exact) mass is 538 g/mol. The molecule has 194 valence electrons. The number of carbonyl (C=O) groups is 1. The van der Waals surface area contributed by atoms with Crippen LogP contribution in [-0.4, -0.2) is 75.9 Å². The van der Waals surface area contributed by atoms with Crippen LogP contribution in [0, 0.1) is 12.8 Å². The van der Waals surface area contributed by atoms with Gasteiger partial charge in [0, 0.05) is 39.8 Å². The fraction of sp³-hybridized carbons (Fsp3) is 0.400. The first kappa shape index (κ1) is 25.3. The summed E-state index contributed by atoms with van der Waals surface area (Å²) in [4.78, 5) is 27.5. The molecule has 3 aromatic heterocycles. The minimum absolute atomic E-state index is 0.0861. The molecule has 1 aromatic carbocycles. The van der Waals surface area contributed by atoms with E-state index in [1.165, 1.54) is 11.3 Å². The molecular weight excluding hydrogens is 508 g/mol. The van der Waals surface area contributed by atoms with E-state index in [1.807, 2.05) is 44.3 Å². The first-order chi connectivity index (χ1) is 17.8. The van der Waals surface area contributed by atoms with Gasteiger partial charge in [0.15, 0.2) is 27.6 Å². The number of nitrogens with one attached hydrogen (secondary N) is 1. The molecule has 0 unspecified atom stereocenters. The Bertz CT molecular complexity index is 1380. The number of aromatic carboxylic acids is 1. The van der Waals surface area contributed by atoms with Gasteiger partial charge < -0.3 is 20.2 Å². The van der Waals surface area contributed by atoms with E-state index in [2.05, 4.69) is 49.1 Å². The fourth-order valence-corrected chi connectivity index (χ4v) is 6.28. The van der Waals surface area contributed by atoms with Crippen LogP contribution in [0.1, 0.15) is 29.9 Å². The van der Waals surface area contributed by atoms with Gasteiger partial charge in [-0.2, -0.15) is 0 Å². The van der Waals surface area contributed by atoms with Crippen LogP contribution in [0.2, 0.25) is 0 Å². The van der Waals surface area contributed by atoms with Crippen LogP contribution in [0.25, 0.3) is 10.2 Å². The van der Waals surface area contributed by atoms with Crippen molar-refractivity contribution in [2.45, 2.75) is 20.8 Å². The van der Waals surface area contributed by atoms with Gasteiger partial charge in [0.25, 0.3) is 0 Å². The molecule has 0 bridgehead atoms. The van der Waals surface area contributed by atoms with Crippen molar-refractivity contribution in [3.8, 4) is 0 Å². The molecule has 0 saturated carbocycles. The number of carboxylic acids is 1. The summed E-state index contributed by atoms with van der Waals surface area (Å²) in [7, 11) is 1.83. The summed E-state index contributed by atoms with van der Waals surface area (Å²) in [5, 5.41) is 23.9. The van der Waals surface area contributed by atoms with Crippen molar-refractivity contribution in [1.82, 2.24) is 25.1 Å². The second kappa shape index (κ2) is 10.6. The molecule has 2 N–H and O–H groups in total. The second-order valence-corrected chi connectivity index (χ2v) is 11.5. The maximum Gasteiger partial charge on any atom is 0.357 e. The van der Waals surface area contributed by atoms with Crippen LogP contribution in [-0.2, 0) is 0 Å². The molecule has 1 aliphatic rings. The smallest absolute Gasteiger partial charge is 0.357 e. The Morgan fingerprint density at radius 1 is 1.14 bits per heavy atom. The molecule has 37 heavy (non-hydrogen) atoms. The third kappa shape index (κ3) is 5.50. The van der Waals surface area contributed by atoms with Gasteiger partial charge in [0.1, 0.15) is 5.00 Å². The Kier molecular flexibility index (Phi) is 7.22. The zero-order valence-corrected chi connectivity index (χ0v) is 22.9. The second-order valence-electron chi connectivity index (χ2n) is 9.54. The lowest BCUT2D eigenvalue weighted by molar-refractivity contribution is 0.0692. The summed E-state index contributed by atoms with van der Waals surface area (Å²) in [6.07, 6.45) is 0. The Labute approximate surface area is 223 Å². The highest BCUT2D eigenvalue weighted by atomic mass is 32.1. The number of fused-ring (bicyclic) bond motifs is 1. The van der Waals surface area contributed by atoms with Gasteiger partial charge in [-0.05, 0) is 36.6 Å². The zero-order valence-electron chi connectivity index (χ0n) is 21.3. The van der Waals surface area contributed by atoms with Gasteiger partial charge in [0.2, 0.25) is 0 Å². The molecule has 0 aliphatic carbocycles. The SMILES string of the molecule is Cc1cc(N(C)c2nc(C(=O)O)c(N3CCN(CC(C)C)CC3)s2)nnc1Nc1nc2ccccc2s1. The van der Waals surface area contributed by atoms with Gasteiger partial charge >= 0.3 is 5.97 Å². The Balaban J connectivity index is 1.33. The van der Waals surface area contributed by atoms with E-state index >= 15 is 0 Å². The summed E-state index contributed by atoms with van der Waals surface area (Å²) in [5.41, 5.74) is 1.92. The van der Waals surface area contributed by atoms with Crippen LogP contribution in [0.4, 0.5) is 26.9 Å². The van der Waals surface area contributed by atoms with Crippen LogP contribution < -0.4 is 15.1 Å². The average Bonchev–Trinajstić information content (AvgIpc) is 3.49. The first-order valence-corrected chi connectivity index (χ1v) is 13.8. The number of piperazine rings is 1. The van der Waals surface area contributed by atoms with Crippen LogP contribution in [0.3, 0.4) is 0 Å². The molecule has 1 saturated heterocycles. The fourth-order valence-electron chi connectivity index (χ4n) is 4.33. The first-order valence-electron chi connectivity index (χ1n) is 12.2. The highest BCUT2D eigenvalue weighted by molar-refractivity contribution is 7.22. The van der Waals surface area contributed by atoms with Gasteiger partial charge in [-0.15, -0.1) is 10.2 Å². The molecule has 4 aromatic rings. The largest absolute Gasteiger partial charge is 0.476 e. The number of thiazole rings is 2. The Morgan fingerprint density at radius 2 is 1.89 bits per heavy atom. The van der Waals surface area contributed by atoms with E-state index in [-0.39, 0.29) is 5.69 Å². The van der Waals surface area contributed by atoms with E-state index in [1.54, 1.807) is 16.2 Å². The van der Waals surface area contributed by atoms with Gasteiger partial charge in [-0.3, -0.25) is 4.90 Å². The van der Waals surface area contributed by atoms with Gasteiger partial charge in [0.05, 0.1) is 10.2 Å². The normalized spacial score (nSPS) is 14.5. The van der Waals surface area contributed by atoms with Crippen molar-refractivity contribution >= 4 is 65.8 Å². The molecular formula is C25H30N8O2S2. The molecule has 0 spiro atoms. The van der Waals surface area contributed by atoms with Crippen LogP contribution in [0.15, 0.2) is 30.3 Å². The summed E-state index contributed by atoms with van der Waals surface area (Å²) in [5.74, 6) is 0.804. The Morgan fingerprint density at radius 3 is 2.57 bits per heavy atom. The minimum atomic E-state index is -1.02. The van der Waals surface area contributed by atoms with E-state index in [9.17, 15) is 9.90 Å². The molecule has 0 radical (unpaired) electrons. The number of para-hydroxylation sites is 1. The third-order valence-corrected chi connectivity index (χ3v) is 8.35. The number of nitrogens with zero attached hydrogens (tertiary/aromatic N) is 7.